The first-order chi connectivity index (χ1) is 8.71. The fraction of sp³-hybridized carbons (Fsp3) is 0.429. The minimum absolute atomic E-state index is 0. The molecule has 0 bridgehead atoms. The van der Waals surface area contributed by atoms with Crippen LogP contribution in [0.15, 0.2) is 24.3 Å². The molecule has 5 N–H and O–H groups in total. The highest BCUT2D eigenvalue weighted by Crippen LogP contribution is 2.17. The van der Waals surface area contributed by atoms with Crippen LogP contribution in [-0.4, -0.2) is 17.9 Å². The maximum Gasteiger partial charge on any atom is 0.248 e. The molecule has 1 rings (SSSR count). The number of rotatable bonds is 4. The summed E-state index contributed by atoms with van der Waals surface area (Å²) in [5, 5.41) is 2.76. The van der Waals surface area contributed by atoms with Crippen LogP contribution in [0, 0.1) is 5.41 Å². The number of amides is 2. The summed E-state index contributed by atoms with van der Waals surface area (Å²) in [6, 6.07) is 6.26. The minimum atomic E-state index is -0.577. The summed E-state index contributed by atoms with van der Waals surface area (Å²) in [7, 11) is 0. The summed E-state index contributed by atoms with van der Waals surface area (Å²) in [4.78, 5) is 22.9. The molecule has 0 aliphatic rings. The molecular formula is C14H22ClN3O2. The van der Waals surface area contributed by atoms with Crippen molar-refractivity contribution in [3.05, 3.63) is 35.4 Å². The van der Waals surface area contributed by atoms with Crippen molar-refractivity contribution in [2.75, 3.05) is 0 Å². The number of halogens is 1. The van der Waals surface area contributed by atoms with Gasteiger partial charge < -0.3 is 16.8 Å². The molecular weight excluding hydrogens is 278 g/mol. The SMILES string of the molecule is CC(C)(C)[C@H](N)C(=O)NCc1cccc(C(N)=O)c1.Cl. The molecule has 0 fully saturated rings. The zero-order valence-corrected chi connectivity index (χ0v) is 12.8. The second-order valence-corrected chi connectivity index (χ2v) is 5.63. The minimum Gasteiger partial charge on any atom is -0.366 e. The van der Waals surface area contributed by atoms with Crippen LogP contribution in [0.5, 0.6) is 0 Å². The highest BCUT2D eigenvalue weighted by molar-refractivity contribution is 5.92. The third-order valence-corrected chi connectivity index (χ3v) is 2.89. The first-order valence-electron chi connectivity index (χ1n) is 6.14. The first-order valence-corrected chi connectivity index (χ1v) is 6.14. The zero-order chi connectivity index (χ0) is 14.6. The van der Waals surface area contributed by atoms with Gasteiger partial charge in [0, 0.05) is 12.1 Å². The maximum atomic E-state index is 11.9. The standard InChI is InChI=1S/C14H21N3O2.ClH/c1-14(2,3)11(15)13(19)17-8-9-5-4-6-10(7-9)12(16)18;/h4-7,11H,8,15H2,1-3H3,(H2,16,18)(H,17,19);1H/t11-;/m1./s1. The third kappa shape index (κ3) is 5.19. The van der Waals surface area contributed by atoms with E-state index in [1.807, 2.05) is 26.8 Å². The first kappa shape index (κ1) is 18.4. The Bertz CT molecular complexity index is 484. The Morgan fingerprint density at radius 3 is 2.40 bits per heavy atom. The largest absolute Gasteiger partial charge is 0.366 e. The Balaban J connectivity index is 0.00000361. The van der Waals surface area contributed by atoms with Gasteiger partial charge in [0.15, 0.2) is 0 Å². The third-order valence-electron chi connectivity index (χ3n) is 2.89. The van der Waals surface area contributed by atoms with E-state index in [1.165, 1.54) is 0 Å². The summed E-state index contributed by atoms with van der Waals surface area (Å²) < 4.78 is 0. The summed E-state index contributed by atoms with van der Waals surface area (Å²) in [6.07, 6.45) is 0. The van der Waals surface area contributed by atoms with Crippen molar-refractivity contribution >= 4 is 24.2 Å². The van der Waals surface area contributed by atoms with Crippen LogP contribution >= 0.6 is 12.4 Å². The number of nitrogens with two attached hydrogens (primary N) is 2. The molecule has 5 nitrogen and oxygen atoms in total. The van der Waals surface area contributed by atoms with Gasteiger partial charge in [-0.05, 0) is 23.1 Å². The Kier molecular flexibility index (Phi) is 6.68. The molecule has 0 heterocycles. The molecule has 0 unspecified atom stereocenters. The van der Waals surface area contributed by atoms with Crippen LogP contribution in [0.3, 0.4) is 0 Å². The van der Waals surface area contributed by atoms with E-state index in [9.17, 15) is 9.59 Å². The number of carbonyl (C=O) groups is 2. The molecule has 0 aromatic heterocycles. The van der Waals surface area contributed by atoms with Crippen LogP contribution in [0.25, 0.3) is 0 Å². The van der Waals surface area contributed by atoms with Crippen LogP contribution in [-0.2, 0) is 11.3 Å². The van der Waals surface area contributed by atoms with Crippen LogP contribution < -0.4 is 16.8 Å². The van der Waals surface area contributed by atoms with Crippen molar-refractivity contribution in [1.82, 2.24) is 5.32 Å². The van der Waals surface area contributed by atoms with Crippen molar-refractivity contribution in [3.8, 4) is 0 Å². The van der Waals surface area contributed by atoms with E-state index in [2.05, 4.69) is 5.32 Å². The van der Waals surface area contributed by atoms with Crippen molar-refractivity contribution in [2.45, 2.75) is 33.4 Å². The second kappa shape index (κ2) is 7.26. The zero-order valence-electron chi connectivity index (χ0n) is 12.0. The van der Waals surface area contributed by atoms with Gasteiger partial charge in [-0.3, -0.25) is 9.59 Å². The molecule has 20 heavy (non-hydrogen) atoms. The molecule has 0 spiro atoms. The van der Waals surface area contributed by atoms with Gasteiger partial charge in [0.05, 0.1) is 6.04 Å². The summed E-state index contributed by atoms with van der Waals surface area (Å²) >= 11 is 0. The Morgan fingerprint density at radius 1 is 1.30 bits per heavy atom. The molecule has 0 radical (unpaired) electrons. The maximum absolute atomic E-state index is 11.9. The number of benzene rings is 1. The summed E-state index contributed by atoms with van der Waals surface area (Å²) in [6.45, 7) is 6.05. The topological polar surface area (TPSA) is 98.2 Å². The molecule has 1 atom stereocenters. The molecule has 1 aromatic rings. The lowest BCUT2D eigenvalue weighted by Gasteiger charge is -2.25. The quantitative estimate of drug-likeness (QED) is 0.779. The molecule has 2 amide bonds. The Hall–Kier alpha value is -1.59. The lowest BCUT2D eigenvalue weighted by Crippen LogP contribution is -2.48. The summed E-state index contributed by atoms with van der Waals surface area (Å²) in [5.41, 5.74) is 12.0. The predicted octanol–water partition coefficient (Wildman–Crippen LogP) is 1.20. The molecule has 1 aromatic carbocycles. The van der Waals surface area contributed by atoms with Crippen molar-refractivity contribution in [3.63, 3.8) is 0 Å². The molecule has 0 aliphatic carbocycles. The average molecular weight is 300 g/mol. The lowest BCUT2D eigenvalue weighted by atomic mass is 9.87. The van der Waals surface area contributed by atoms with E-state index in [4.69, 9.17) is 11.5 Å². The molecule has 0 saturated heterocycles. The van der Waals surface area contributed by atoms with Gasteiger partial charge in [-0.25, -0.2) is 0 Å². The molecule has 0 aliphatic heterocycles. The molecule has 0 saturated carbocycles. The van der Waals surface area contributed by atoms with Crippen molar-refractivity contribution in [2.24, 2.45) is 16.9 Å². The second-order valence-electron chi connectivity index (χ2n) is 5.63. The van der Waals surface area contributed by atoms with E-state index in [0.29, 0.717) is 12.1 Å². The van der Waals surface area contributed by atoms with E-state index in [1.54, 1.807) is 18.2 Å². The van der Waals surface area contributed by atoms with Gasteiger partial charge in [0.25, 0.3) is 0 Å². The fourth-order valence-electron chi connectivity index (χ4n) is 1.53. The number of nitrogens with one attached hydrogen (secondary N) is 1. The number of hydrogen-bond donors (Lipinski definition) is 3. The van der Waals surface area contributed by atoms with Gasteiger partial charge >= 0.3 is 0 Å². The normalized spacial score (nSPS) is 12.2. The van der Waals surface area contributed by atoms with Gasteiger partial charge in [0.2, 0.25) is 11.8 Å². The number of primary amides is 1. The van der Waals surface area contributed by atoms with Crippen LogP contribution in [0.4, 0.5) is 0 Å². The fourth-order valence-corrected chi connectivity index (χ4v) is 1.53. The average Bonchev–Trinajstić information content (AvgIpc) is 2.34. The highest BCUT2D eigenvalue weighted by Gasteiger charge is 2.27. The van der Waals surface area contributed by atoms with Gasteiger partial charge in [-0.2, -0.15) is 0 Å². The van der Waals surface area contributed by atoms with Gasteiger partial charge in [0.1, 0.15) is 0 Å². The highest BCUT2D eigenvalue weighted by atomic mass is 35.5. The van der Waals surface area contributed by atoms with Crippen LogP contribution in [0.2, 0.25) is 0 Å². The smallest absolute Gasteiger partial charge is 0.248 e. The van der Waals surface area contributed by atoms with E-state index in [0.717, 1.165) is 5.56 Å². The van der Waals surface area contributed by atoms with E-state index < -0.39 is 11.9 Å². The molecule has 6 heteroatoms. The van der Waals surface area contributed by atoms with E-state index >= 15 is 0 Å². The van der Waals surface area contributed by atoms with Crippen molar-refractivity contribution < 1.29 is 9.59 Å². The number of carbonyl (C=O) groups excluding carboxylic acids is 2. The van der Waals surface area contributed by atoms with E-state index in [-0.39, 0.29) is 23.7 Å². The Morgan fingerprint density at radius 2 is 1.90 bits per heavy atom. The predicted molar refractivity (Wildman–Crippen MR) is 81.5 cm³/mol. The Labute approximate surface area is 125 Å². The van der Waals surface area contributed by atoms with Gasteiger partial charge in [-0.15, -0.1) is 12.4 Å². The number of hydrogen-bond acceptors (Lipinski definition) is 3. The van der Waals surface area contributed by atoms with Crippen molar-refractivity contribution in [1.29, 1.82) is 0 Å². The van der Waals surface area contributed by atoms with Crippen LogP contribution in [0.1, 0.15) is 36.7 Å². The van der Waals surface area contributed by atoms with Gasteiger partial charge in [-0.1, -0.05) is 32.9 Å². The molecule has 112 valence electrons. The summed E-state index contributed by atoms with van der Waals surface area (Å²) in [5.74, 6) is -0.698. The lowest BCUT2D eigenvalue weighted by molar-refractivity contribution is -0.124. The monoisotopic (exact) mass is 299 g/mol.